The molecule has 0 saturated carbocycles. The highest BCUT2D eigenvalue weighted by atomic mass is 16.2. The zero-order valence-corrected chi connectivity index (χ0v) is 15.7. The van der Waals surface area contributed by atoms with Crippen molar-refractivity contribution in [2.75, 3.05) is 5.32 Å². The van der Waals surface area contributed by atoms with Gasteiger partial charge in [-0.05, 0) is 37.1 Å². The average molecular weight is 364 g/mol. The molecular weight excluding hydrogens is 340 g/mol. The molecule has 0 aliphatic heterocycles. The number of rotatable bonds is 6. The largest absolute Gasteiger partial charge is 0.340 e. The number of anilines is 1. The van der Waals surface area contributed by atoms with Gasteiger partial charge < -0.3 is 10.3 Å². The summed E-state index contributed by atoms with van der Waals surface area (Å²) in [5, 5.41) is 5.66. The third kappa shape index (κ3) is 4.34. The average Bonchev–Trinajstić information content (AvgIpc) is 3.07. The van der Waals surface area contributed by atoms with Gasteiger partial charge in [0.15, 0.2) is 0 Å². The molecule has 27 heavy (non-hydrogen) atoms. The molecule has 0 saturated heterocycles. The van der Waals surface area contributed by atoms with Gasteiger partial charge in [0.05, 0.1) is 11.0 Å². The topological polar surface area (TPSA) is 86.9 Å². The number of benzene rings is 2. The molecule has 2 unspecified atom stereocenters. The van der Waals surface area contributed by atoms with Crippen LogP contribution in [-0.4, -0.2) is 27.8 Å². The van der Waals surface area contributed by atoms with Crippen molar-refractivity contribution in [2.45, 2.75) is 33.2 Å². The Morgan fingerprint density at radius 1 is 1.11 bits per heavy atom. The van der Waals surface area contributed by atoms with Gasteiger partial charge in [-0.25, -0.2) is 4.98 Å². The molecule has 140 valence electrons. The van der Waals surface area contributed by atoms with Crippen LogP contribution in [0.25, 0.3) is 11.0 Å². The summed E-state index contributed by atoms with van der Waals surface area (Å²) in [5.41, 5.74) is 3.23. The smallest absolute Gasteiger partial charge is 0.251 e. The minimum Gasteiger partial charge on any atom is -0.340 e. The van der Waals surface area contributed by atoms with Crippen LogP contribution in [0.5, 0.6) is 0 Å². The highest BCUT2D eigenvalue weighted by molar-refractivity contribution is 6.01. The quantitative estimate of drug-likeness (QED) is 0.624. The summed E-state index contributed by atoms with van der Waals surface area (Å²) in [7, 11) is 0. The molecule has 3 aromatic rings. The van der Waals surface area contributed by atoms with Crippen molar-refractivity contribution in [1.82, 2.24) is 15.3 Å². The van der Waals surface area contributed by atoms with Crippen molar-refractivity contribution >= 4 is 28.8 Å². The monoisotopic (exact) mass is 364 g/mol. The number of para-hydroxylation sites is 2. The van der Waals surface area contributed by atoms with Crippen LogP contribution in [0.15, 0.2) is 48.5 Å². The molecule has 3 N–H and O–H groups in total. The number of aromatic nitrogens is 2. The van der Waals surface area contributed by atoms with Gasteiger partial charge in [0, 0.05) is 5.56 Å². The van der Waals surface area contributed by atoms with Crippen molar-refractivity contribution in [3.8, 4) is 0 Å². The Balaban J connectivity index is 1.75. The third-order valence-electron chi connectivity index (χ3n) is 4.73. The first-order chi connectivity index (χ1) is 13.0. The lowest BCUT2D eigenvalue weighted by molar-refractivity contribution is -0.119. The fourth-order valence-electron chi connectivity index (χ4n) is 2.84. The van der Waals surface area contributed by atoms with E-state index >= 15 is 0 Å². The summed E-state index contributed by atoms with van der Waals surface area (Å²) in [6.07, 6.45) is 0.756. The van der Waals surface area contributed by atoms with Crippen molar-refractivity contribution in [2.24, 2.45) is 5.92 Å². The molecule has 0 radical (unpaired) electrons. The fourth-order valence-corrected chi connectivity index (χ4v) is 2.84. The number of hydrogen-bond acceptors (Lipinski definition) is 3. The van der Waals surface area contributed by atoms with E-state index in [-0.39, 0.29) is 17.7 Å². The van der Waals surface area contributed by atoms with Crippen LogP contribution >= 0.6 is 0 Å². The van der Waals surface area contributed by atoms with E-state index in [4.69, 9.17) is 0 Å². The first kappa shape index (κ1) is 18.6. The molecule has 0 aliphatic rings. The molecule has 0 aliphatic carbocycles. The van der Waals surface area contributed by atoms with Crippen LogP contribution in [0, 0.1) is 12.8 Å². The van der Waals surface area contributed by atoms with Crippen LogP contribution in [0.3, 0.4) is 0 Å². The highest BCUT2D eigenvalue weighted by Crippen LogP contribution is 2.16. The molecular formula is C21H24N4O2. The summed E-state index contributed by atoms with van der Waals surface area (Å²) < 4.78 is 0. The second kappa shape index (κ2) is 8.03. The lowest BCUT2D eigenvalue weighted by atomic mass is 9.98. The van der Waals surface area contributed by atoms with Crippen LogP contribution in [-0.2, 0) is 4.79 Å². The van der Waals surface area contributed by atoms with Crippen LogP contribution in [0.1, 0.15) is 36.2 Å². The number of nitrogens with one attached hydrogen (secondary N) is 3. The minimum atomic E-state index is -0.656. The van der Waals surface area contributed by atoms with E-state index in [1.165, 1.54) is 0 Å². The SMILES string of the molecule is CCC(C)C(NC(=O)c1ccc(C)cc1)C(=O)Nc1nc2ccccc2[nH]1. The number of nitrogens with zero attached hydrogens (tertiary/aromatic N) is 1. The molecule has 3 rings (SSSR count). The Hall–Kier alpha value is -3.15. The summed E-state index contributed by atoms with van der Waals surface area (Å²) in [6.45, 7) is 5.90. The van der Waals surface area contributed by atoms with Crippen molar-refractivity contribution in [3.63, 3.8) is 0 Å². The molecule has 2 atom stereocenters. The number of carbonyl (C=O) groups is 2. The standard InChI is InChI=1S/C21H24N4O2/c1-4-14(3)18(24-19(26)15-11-9-13(2)10-12-15)20(27)25-21-22-16-7-5-6-8-17(16)23-21/h5-12,14,18H,4H2,1-3H3,(H,24,26)(H2,22,23,25,27). The summed E-state index contributed by atoms with van der Waals surface area (Å²) in [6, 6.07) is 14.2. The number of carbonyl (C=O) groups excluding carboxylic acids is 2. The zero-order valence-electron chi connectivity index (χ0n) is 15.7. The number of fused-ring (bicyclic) bond motifs is 1. The molecule has 0 bridgehead atoms. The molecule has 6 heteroatoms. The Morgan fingerprint density at radius 2 is 1.81 bits per heavy atom. The molecule has 2 amide bonds. The molecule has 0 fully saturated rings. The molecule has 6 nitrogen and oxygen atoms in total. The van der Waals surface area contributed by atoms with Crippen LogP contribution in [0.2, 0.25) is 0 Å². The maximum atomic E-state index is 12.8. The Morgan fingerprint density at radius 3 is 2.48 bits per heavy atom. The number of aromatic amines is 1. The first-order valence-electron chi connectivity index (χ1n) is 9.11. The molecule has 1 aromatic heterocycles. The number of imidazole rings is 1. The predicted molar refractivity (Wildman–Crippen MR) is 107 cm³/mol. The van der Waals surface area contributed by atoms with E-state index in [0.717, 1.165) is 23.0 Å². The maximum Gasteiger partial charge on any atom is 0.251 e. The van der Waals surface area contributed by atoms with Gasteiger partial charge in [0.25, 0.3) is 5.91 Å². The lowest BCUT2D eigenvalue weighted by Crippen LogP contribution is -2.47. The number of amides is 2. The number of hydrogen-bond donors (Lipinski definition) is 3. The fraction of sp³-hybridized carbons (Fsp3) is 0.286. The minimum absolute atomic E-state index is 0.0243. The van der Waals surface area contributed by atoms with Gasteiger partial charge in [0.1, 0.15) is 6.04 Å². The first-order valence-corrected chi connectivity index (χ1v) is 9.11. The van der Waals surface area contributed by atoms with E-state index in [9.17, 15) is 9.59 Å². The van der Waals surface area contributed by atoms with Gasteiger partial charge >= 0.3 is 0 Å². The van der Waals surface area contributed by atoms with Crippen molar-refractivity contribution in [1.29, 1.82) is 0 Å². The number of H-pyrrole nitrogens is 1. The van der Waals surface area contributed by atoms with Gasteiger partial charge in [-0.15, -0.1) is 0 Å². The van der Waals surface area contributed by atoms with E-state index in [2.05, 4.69) is 20.6 Å². The van der Waals surface area contributed by atoms with Crippen molar-refractivity contribution in [3.05, 3.63) is 59.7 Å². The van der Waals surface area contributed by atoms with E-state index in [0.29, 0.717) is 11.5 Å². The van der Waals surface area contributed by atoms with Crippen LogP contribution in [0.4, 0.5) is 5.95 Å². The number of aryl methyl sites for hydroxylation is 1. The third-order valence-corrected chi connectivity index (χ3v) is 4.73. The van der Waals surface area contributed by atoms with E-state index in [1.807, 2.05) is 57.2 Å². The predicted octanol–water partition coefficient (Wildman–Crippen LogP) is 3.65. The van der Waals surface area contributed by atoms with Gasteiger partial charge in [-0.2, -0.15) is 0 Å². The lowest BCUT2D eigenvalue weighted by Gasteiger charge is -2.23. The second-order valence-electron chi connectivity index (χ2n) is 6.79. The zero-order chi connectivity index (χ0) is 19.4. The van der Waals surface area contributed by atoms with Gasteiger partial charge in [0.2, 0.25) is 11.9 Å². The molecule has 2 aromatic carbocycles. The second-order valence-corrected chi connectivity index (χ2v) is 6.79. The Labute approximate surface area is 158 Å². The maximum absolute atomic E-state index is 12.8. The normalized spacial score (nSPS) is 13.1. The Bertz CT molecular complexity index is 913. The van der Waals surface area contributed by atoms with E-state index in [1.54, 1.807) is 12.1 Å². The van der Waals surface area contributed by atoms with Gasteiger partial charge in [-0.1, -0.05) is 50.1 Å². The summed E-state index contributed by atoms with van der Waals surface area (Å²) in [4.78, 5) is 32.8. The highest BCUT2D eigenvalue weighted by Gasteiger charge is 2.27. The Kier molecular flexibility index (Phi) is 5.54. The summed E-state index contributed by atoms with van der Waals surface area (Å²) >= 11 is 0. The van der Waals surface area contributed by atoms with Crippen molar-refractivity contribution < 1.29 is 9.59 Å². The van der Waals surface area contributed by atoms with Crippen LogP contribution < -0.4 is 10.6 Å². The summed E-state index contributed by atoms with van der Waals surface area (Å²) in [5.74, 6) is -0.202. The van der Waals surface area contributed by atoms with E-state index < -0.39 is 6.04 Å². The molecule has 0 spiro atoms. The van der Waals surface area contributed by atoms with Gasteiger partial charge in [-0.3, -0.25) is 14.9 Å². The molecule has 1 heterocycles.